The molecule has 26 heavy (non-hydrogen) atoms. The lowest BCUT2D eigenvalue weighted by molar-refractivity contribution is -0.156. The fourth-order valence-electron chi connectivity index (χ4n) is 4.15. The molecule has 5 heteroatoms. The lowest BCUT2D eigenvalue weighted by atomic mass is 9.89. The van der Waals surface area contributed by atoms with Crippen LogP contribution in [0.15, 0.2) is 30.3 Å². The van der Waals surface area contributed by atoms with Gasteiger partial charge in [0, 0.05) is 25.7 Å². The molecule has 1 aliphatic heterocycles. The highest BCUT2D eigenvalue weighted by molar-refractivity contribution is 5.86. The van der Waals surface area contributed by atoms with Crippen LogP contribution in [0, 0.1) is 0 Å². The fourth-order valence-corrected chi connectivity index (χ4v) is 4.15. The Kier molecular flexibility index (Phi) is 6.68. The molecule has 0 spiro atoms. The molecule has 5 nitrogen and oxygen atoms in total. The van der Waals surface area contributed by atoms with Gasteiger partial charge in [0.15, 0.2) is 5.60 Å². The van der Waals surface area contributed by atoms with Gasteiger partial charge in [-0.1, -0.05) is 30.3 Å². The van der Waals surface area contributed by atoms with E-state index in [1.54, 1.807) is 0 Å². The number of amides is 1. The number of carbonyl (C=O) groups is 1. The standard InChI is InChI=1S/C21H32N2O3/c24-19-11-9-18(10-12-19)22-16-21(26)13-5-15-23(20(21)25)14-4-8-17-6-2-1-3-7-17/h1-3,6-7,18-19,22,24,26H,4-5,8-16H2. The summed E-state index contributed by atoms with van der Waals surface area (Å²) in [7, 11) is 0. The predicted octanol–water partition coefficient (Wildman–Crippen LogP) is 1.87. The van der Waals surface area contributed by atoms with Crippen LogP contribution in [0.1, 0.15) is 50.5 Å². The van der Waals surface area contributed by atoms with Gasteiger partial charge in [-0.3, -0.25) is 4.79 Å². The molecule has 1 heterocycles. The van der Waals surface area contributed by atoms with E-state index in [1.807, 2.05) is 23.1 Å². The molecule has 1 aromatic rings. The van der Waals surface area contributed by atoms with Crippen molar-refractivity contribution in [2.45, 2.75) is 69.1 Å². The predicted molar refractivity (Wildman–Crippen MR) is 102 cm³/mol. The molecule has 1 unspecified atom stereocenters. The molecular formula is C21H32N2O3. The first kappa shape index (κ1) is 19.3. The molecule has 2 aliphatic rings. The molecule has 144 valence electrons. The van der Waals surface area contributed by atoms with E-state index in [0.717, 1.165) is 51.5 Å². The van der Waals surface area contributed by atoms with E-state index in [1.165, 1.54) is 5.56 Å². The third kappa shape index (κ3) is 5.06. The molecule has 3 N–H and O–H groups in total. The number of benzene rings is 1. The van der Waals surface area contributed by atoms with Crippen molar-refractivity contribution in [1.82, 2.24) is 10.2 Å². The average Bonchev–Trinajstić information content (AvgIpc) is 2.66. The second-order valence-corrected chi connectivity index (χ2v) is 7.90. The monoisotopic (exact) mass is 360 g/mol. The van der Waals surface area contributed by atoms with Gasteiger partial charge in [-0.05, 0) is 56.9 Å². The van der Waals surface area contributed by atoms with Crippen LogP contribution in [0.2, 0.25) is 0 Å². The van der Waals surface area contributed by atoms with Crippen molar-refractivity contribution in [2.24, 2.45) is 0 Å². The highest BCUT2D eigenvalue weighted by atomic mass is 16.3. The highest BCUT2D eigenvalue weighted by Gasteiger charge is 2.42. The first-order valence-electron chi connectivity index (χ1n) is 10.0. The fraction of sp³-hybridized carbons (Fsp3) is 0.667. The first-order chi connectivity index (χ1) is 12.6. The molecule has 1 amide bonds. The van der Waals surface area contributed by atoms with Gasteiger partial charge in [-0.15, -0.1) is 0 Å². The van der Waals surface area contributed by atoms with Crippen LogP contribution in [0.3, 0.4) is 0 Å². The van der Waals surface area contributed by atoms with Gasteiger partial charge in [-0.2, -0.15) is 0 Å². The Labute approximate surface area is 156 Å². The number of piperidine rings is 1. The molecule has 0 aromatic heterocycles. The topological polar surface area (TPSA) is 72.8 Å². The quantitative estimate of drug-likeness (QED) is 0.694. The number of aliphatic hydroxyl groups is 2. The lowest BCUT2D eigenvalue weighted by Crippen LogP contribution is -2.59. The van der Waals surface area contributed by atoms with E-state index < -0.39 is 5.60 Å². The van der Waals surface area contributed by atoms with Gasteiger partial charge in [-0.25, -0.2) is 0 Å². The van der Waals surface area contributed by atoms with Crippen molar-refractivity contribution in [3.8, 4) is 0 Å². The normalized spacial score (nSPS) is 29.8. The third-order valence-electron chi connectivity index (χ3n) is 5.82. The van der Waals surface area contributed by atoms with E-state index in [-0.39, 0.29) is 12.0 Å². The molecular weight excluding hydrogens is 328 g/mol. The number of aryl methyl sites for hydroxylation is 1. The molecule has 0 radical (unpaired) electrons. The summed E-state index contributed by atoms with van der Waals surface area (Å²) in [6.07, 6.45) is 6.48. The summed E-state index contributed by atoms with van der Waals surface area (Å²) < 4.78 is 0. The summed E-state index contributed by atoms with van der Waals surface area (Å²) >= 11 is 0. The van der Waals surface area contributed by atoms with E-state index in [2.05, 4.69) is 17.4 Å². The minimum atomic E-state index is -1.28. The van der Waals surface area contributed by atoms with E-state index >= 15 is 0 Å². The number of likely N-dealkylation sites (tertiary alicyclic amines) is 1. The number of nitrogens with zero attached hydrogens (tertiary/aromatic N) is 1. The number of nitrogens with one attached hydrogen (secondary N) is 1. The van der Waals surface area contributed by atoms with Gasteiger partial charge in [0.25, 0.3) is 5.91 Å². The van der Waals surface area contributed by atoms with E-state index in [9.17, 15) is 15.0 Å². The van der Waals surface area contributed by atoms with Crippen molar-refractivity contribution in [3.63, 3.8) is 0 Å². The summed E-state index contributed by atoms with van der Waals surface area (Å²) in [5, 5.41) is 23.9. The van der Waals surface area contributed by atoms with Crippen LogP contribution in [0.25, 0.3) is 0 Å². The maximum atomic E-state index is 12.8. The van der Waals surface area contributed by atoms with Gasteiger partial charge in [0.05, 0.1) is 6.10 Å². The van der Waals surface area contributed by atoms with Crippen molar-refractivity contribution >= 4 is 5.91 Å². The Hall–Kier alpha value is -1.43. The zero-order chi connectivity index (χ0) is 18.4. The molecule has 1 saturated heterocycles. The zero-order valence-electron chi connectivity index (χ0n) is 15.6. The van der Waals surface area contributed by atoms with Crippen molar-refractivity contribution in [3.05, 3.63) is 35.9 Å². The van der Waals surface area contributed by atoms with Gasteiger partial charge >= 0.3 is 0 Å². The van der Waals surface area contributed by atoms with Crippen LogP contribution < -0.4 is 5.32 Å². The Morgan fingerprint density at radius 3 is 2.62 bits per heavy atom. The van der Waals surface area contributed by atoms with E-state index in [0.29, 0.717) is 25.6 Å². The Morgan fingerprint density at radius 1 is 1.15 bits per heavy atom. The minimum absolute atomic E-state index is 0.125. The van der Waals surface area contributed by atoms with Crippen molar-refractivity contribution in [1.29, 1.82) is 0 Å². The summed E-state index contributed by atoms with van der Waals surface area (Å²) in [6.45, 7) is 1.76. The second-order valence-electron chi connectivity index (χ2n) is 7.90. The van der Waals surface area contributed by atoms with Gasteiger partial charge in [0.2, 0.25) is 0 Å². The van der Waals surface area contributed by atoms with Crippen LogP contribution in [-0.4, -0.2) is 58.4 Å². The highest BCUT2D eigenvalue weighted by Crippen LogP contribution is 2.24. The summed E-state index contributed by atoms with van der Waals surface area (Å²) in [5.41, 5.74) is 0.00880. The Morgan fingerprint density at radius 2 is 1.88 bits per heavy atom. The van der Waals surface area contributed by atoms with Gasteiger partial charge in [0.1, 0.15) is 0 Å². The zero-order valence-corrected chi connectivity index (χ0v) is 15.6. The number of aliphatic hydroxyl groups excluding tert-OH is 1. The molecule has 1 saturated carbocycles. The Bertz CT molecular complexity index is 572. The molecule has 2 fully saturated rings. The number of carbonyl (C=O) groups excluding carboxylic acids is 1. The van der Waals surface area contributed by atoms with Crippen LogP contribution in [0.4, 0.5) is 0 Å². The molecule has 1 aliphatic carbocycles. The SMILES string of the molecule is O=C1N(CCCc2ccccc2)CCCC1(O)CNC1CCC(O)CC1. The number of hydrogen-bond donors (Lipinski definition) is 3. The van der Waals surface area contributed by atoms with Crippen LogP contribution in [0.5, 0.6) is 0 Å². The molecule has 3 rings (SSSR count). The van der Waals surface area contributed by atoms with E-state index in [4.69, 9.17) is 0 Å². The number of rotatable bonds is 7. The van der Waals surface area contributed by atoms with Crippen molar-refractivity contribution in [2.75, 3.05) is 19.6 Å². The van der Waals surface area contributed by atoms with Crippen LogP contribution in [-0.2, 0) is 11.2 Å². The molecule has 1 aromatic carbocycles. The molecule has 0 bridgehead atoms. The summed E-state index contributed by atoms with van der Waals surface area (Å²) in [6, 6.07) is 10.6. The van der Waals surface area contributed by atoms with Crippen molar-refractivity contribution < 1.29 is 15.0 Å². The second kappa shape index (κ2) is 8.98. The summed E-state index contributed by atoms with van der Waals surface area (Å²) in [4.78, 5) is 14.6. The minimum Gasteiger partial charge on any atom is -0.393 e. The maximum Gasteiger partial charge on any atom is 0.255 e. The summed E-state index contributed by atoms with van der Waals surface area (Å²) in [5.74, 6) is -0.125. The third-order valence-corrected chi connectivity index (χ3v) is 5.82. The number of hydrogen-bond acceptors (Lipinski definition) is 4. The first-order valence-corrected chi connectivity index (χ1v) is 10.0. The maximum absolute atomic E-state index is 12.8. The smallest absolute Gasteiger partial charge is 0.255 e. The lowest BCUT2D eigenvalue weighted by Gasteiger charge is -2.39. The average molecular weight is 360 g/mol. The van der Waals surface area contributed by atoms with Gasteiger partial charge < -0.3 is 20.4 Å². The van der Waals surface area contributed by atoms with Crippen LogP contribution >= 0.6 is 0 Å². The largest absolute Gasteiger partial charge is 0.393 e. The molecule has 1 atom stereocenters. The Balaban J connectivity index is 1.46.